The minimum Gasteiger partial charge on any atom is -0.759 e. The highest BCUT2D eigenvalue weighted by Gasteiger charge is 2.24. The van der Waals surface area contributed by atoms with E-state index in [1.165, 1.54) is 18.3 Å². The maximum atomic E-state index is 11.9. The molecule has 0 aliphatic heterocycles. The Morgan fingerprint density at radius 1 is 1.27 bits per heavy atom. The SMILES string of the molecule is O=C(N[O-])c1ccc(OCC2CC2)c2oc3ccccc3c12. The van der Waals surface area contributed by atoms with Gasteiger partial charge >= 0.3 is 0 Å². The smallest absolute Gasteiger partial charge is 0.241 e. The quantitative estimate of drug-likeness (QED) is 0.746. The molecule has 0 radical (unpaired) electrons. The number of amides is 1. The summed E-state index contributed by atoms with van der Waals surface area (Å²) in [5, 5.41) is 12.2. The highest BCUT2D eigenvalue weighted by molar-refractivity contribution is 6.17. The van der Waals surface area contributed by atoms with Gasteiger partial charge < -0.3 is 19.8 Å². The highest BCUT2D eigenvalue weighted by Crippen LogP contribution is 2.38. The molecule has 0 spiro atoms. The fourth-order valence-corrected chi connectivity index (χ4v) is 2.65. The highest BCUT2D eigenvalue weighted by atomic mass is 16.5. The van der Waals surface area contributed by atoms with Crippen LogP contribution in [0.5, 0.6) is 5.75 Å². The van der Waals surface area contributed by atoms with Crippen LogP contribution in [0.4, 0.5) is 0 Å². The van der Waals surface area contributed by atoms with E-state index >= 15 is 0 Å². The number of furan rings is 1. The molecule has 1 N–H and O–H groups in total. The number of hydrogen-bond acceptors (Lipinski definition) is 4. The standard InChI is InChI=1S/C17H14NO4/c19-17(18-20)12-7-8-14(21-9-10-5-6-10)16-15(12)11-3-1-2-4-13(11)22-16/h1-4,7-8,10H,5-6,9H2,(H-,18,19,20)/q-1. The minimum absolute atomic E-state index is 0.300. The molecule has 0 bridgehead atoms. The first kappa shape index (κ1) is 13.2. The van der Waals surface area contributed by atoms with E-state index in [4.69, 9.17) is 9.15 Å². The third-order valence-corrected chi connectivity index (χ3v) is 4.00. The first-order valence-corrected chi connectivity index (χ1v) is 7.27. The van der Waals surface area contributed by atoms with Gasteiger partial charge in [-0.1, -0.05) is 18.2 Å². The second-order valence-corrected chi connectivity index (χ2v) is 5.60. The summed E-state index contributed by atoms with van der Waals surface area (Å²) in [6, 6.07) is 10.7. The topological polar surface area (TPSA) is 74.5 Å². The maximum absolute atomic E-state index is 11.9. The van der Waals surface area contributed by atoms with Crippen molar-refractivity contribution in [3.05, 3.63) is 47.2 Å². The maximum Gasteiger partial charge on any atom is 0.241 e. The third-order valence-electron chi connectivity index (χ3n) is 4.00. The van der Waals surface area contributed by atoms with E-state index < -0.39 is 5.91 Å². The molecule has 1 aromatic heterocycles. The molecule has 112 valence electrons. The van der Waals surface area contributed by atoms with Crippen molar-refractivity contribution in [2.24, 2.45) is 5.92 Å². The number of rotatable bonds is 4. The molecule has 5 nitrogen and oxygen atoms in total. The van der Waals surface area contributed by atoms with Crippen molar-refractivity contribution in [3.63, 3.8) is 0 Å². The van der Waals surface area contributed by atoms with Gasteiger partial charge in [0.25, 0.3) is 0 Å². The van der Waals surface area contributed by atoms with Crippen LogP contribution >= 0.6 is 0 Å². The summed E-state index contributed by atoms with van der Waals surface area (Å²) in [4.78, 5) is 11.9. The van der Waals surface area contributed by atoms with Crippen LogP contribution < -0.4 is 10.2 Å². The Morgan fingerprint density at radius 3 is 2.86 bits per heavy atom. The number of carbonyl (C=O) groups is 1. The van der Waals surface area contributed by atoms with E-state index in [9.17, 15) is 10.0 Å². The van der Waals surface area contributed by atoms with E-state index in [1.807, 2.05) is 24.3 Å². The summed E-state index contributed by atoms with van der Waals surface area (Å²) < 4.78 is 11.7. The second-order valence-electron chi connectivity index (χ2n) is 5.60. The van der Waals surface area contributed by atoms with Gasteiger partial charge in [-0.3, -0.25) is 4.79 Å². The number of ether oxygens (including phenoxy) is 1. The fourth-order valence-electron chi connectivity index (χ4n) is 2.65. The molecule has 3 aromatic rings. The normalized spacial score (nSPS) is 14.4. The molecular weight excluding hydrogens is 282 g/mol. The van der Waals surface area contributed by atoms with Crippen LogP contribution in [0.2, 0.25) is 0 Å². The number of para-hydroxylation sites is 1. The van der Waals surface area contributed by atoms with Crippen molar-refractivity contribution in [2.45, 2.75) is 12.8 Å². The Balaban J connectivity index is 1.93. The molecule has 22 heavy (non-hydrogen) atoms. The zero-order valence-electron chi connectivity index (χ0n) is 11.8. The summed E-state index contributed by atoms with van der Waals surface area (Å²) in [6.07, 6.45) is 2.39. The van der Waals surface area contributed by atoms with Gasteiger partial charge in [0.05, 0.1) is 12.2 Å². The Hall–Kier alpha value is -2.53. The summed E-state index contributed by atoms with van der Waals surface area (Å²) in [5.41, 5.74) is 2.92. The molecule has 1 saturated carbocycles. The molecule has 0 saturated heterocycles. The molecule has 2 aromatic carbocycles. The van der Waals surface area contributed by atoms with Gasteiger partial charge in [-0.25, -0.2) is 0 Å². The molecule has 0 atom stereocenters. The Kier molecular flexibility index (Phi) is 3.01. The van der Waals surface area contributed by atoms with Crippen molar-refractivity contribution in [1.82, 2.24) is 5.48 Å². The van der Waals surface area contributed by atoms with Crippen molar-refractivity contribution in [1.29, 1.82) is 0 Å². The van der Waals surface area contributed by atoms with E-state index in [0.717, 1.165) is 5.39 Å². The lowest BCUT2D eigenvalue weighted by Gasteiger charge is -2.11. The van der Waals surface area contributed by atoms with Crippen molar-refractivity contribution in [3.8, 4) is 5.75 Å². The Labute approximate surface area is 126 Å². The monoisotopic (exact) mass is 296 g/mol. The van der Waals surface area contributed by atoms with E-state index in [0.29, 0.717) is 40.4 Å². The van der Waals surface area contributed by atoms with Crippen LogP contribution in [0.15, 0.2) is 40.8 Å². The number of nitrogens with one attached hydrogen (secondary N) is 1. The predicted octanol–water partition coefficient (Wildman–Crippen LogP) is 3.60. The molecule has 1 aliphatic carbocycles. The molecule has 1 fully saturated rings. The van der Waals surface area contributed by atoms with Crippen LogP contribution in [0.3, 0.4) is 0 Å². The average molecular weight is 296 g/mol. The van der Waals surface area contributed by atoms with E-state index in [2.05, 4.69) is 0 Å². The van der Waals surface area contributed by atoms with Crippen LogP contribution in [0.1, 0.15) is 23.2 Å². The molecule has 5 heteroatoms. The fraction of sp³-hybridized carbons (Fsp3) is 0.235. The van der Waals surface area contributed by atoms with Gasteiger partial charge in [-0.05, 0) is 37.0 Å². The van der Waals surface area contributed by atoms with Crippen molar-refractivity contribution >= 4 is 27.8 Å². The van der Waals surface area contributed by atoms with Gasteiger partial charge in [-0.15, -0.1) is 0 Å². The lowest BCUT2D eigenvalue weighted by molar-refractivity contribution is 0.0972. The van der Waals surface area contributed by atoms with Crippen LogP contribution in [-0.4, -0.2) is 12.5 Å². The second kappa shape index (κ2) is 5.03. The molecule has 1 amide bonds. The van der Waals surface area contributed by atoms with Gasteiger partial charge in [0, 0.05) is 10.8 Å². The third kappa shape index (κ3) is 2.10. The number of hydroxylamine groups is 1. The molecule has 1 heterocycles. The first-order valence-electron chi connectivity index (χ1n) is 7.27. The number of benzene rings is 2. The number of fused-ring (bicyclic) bond motifs is 3. The van der Waals surface area contributed by atoms with Gasteiger partial charge in [0.2, 0.25) is 5.91 Å². The van der Waals surface area contributed by atoms with Crippen LogP contribution in [0.25, 0.3) is 21.9 Å². The van der Waals surface area contributed by atoms with Gasteiger partial charge in [0.1, 0.15) is 5.58 Å². The molecular formula is C17H14NO4-. The number of carbonyl (C=O) groups excluding carboxylic acids is 1. The largest absolute Gasteiger partial charge is 0.759 e. The Morgan fingerprint density at radius 2 is 2.09 bits per heavy atom. The van der Waals surface area contributed by atoms with E-state index in [-0.39, 0.29) is 0 Å². The zero-order chi connectivity index (χ0) is 15.1. The molecule has 0 unspecified atom stereocenters. The van der Waals surface area contributed by atoms with Gasteiger partial charge in [0.15, 0.2) is 11.3 Å². The van der Waals surface area contributed by atoms with Gasteiger partial charge in [-0.2, -0.15) is 0 Å². The summed E-state index contributed by atoms with van der Waals surface area (Å²) in [7, 11) is 0. The first-order chi connectivity index (χ1) is 10.8. The van der Waals surface area contributed by atoms with E-state index in [1.54, 1.807) is 12.1 Å². The molecule has 1 aliphatic rings. The van der Waals surface area contributed by atoms with Crippen LogP contribution in [-0.2, 0) is 0 Å². The summed E-state index contributed by atoms with van der Waals surface area (Å²) >= 11 is 0. The van der Waals surface area contributed by atoms with Crippen molar-refractivity contribution in [2.75, 3.05) is 6.61 Å². The average Bonchev–Trinajstić information content (AvgIpc) is 3.30. The lowest BCUT2D eigenvalue weighted by atomic mass is 10.1. The van der Waals surface area contributed by atoms with Crippen molar-refractivity contribution < 1.29 is 13.9 Å². The lowest BCUT2D eigenvalue weighted by Crippen LogP contribution is -2.16. The minimum atomic E-state index is -0.676. The summed E-state index contributed by atoms with van der Waals surface area (Å²) in [5.74, 6) is 0.551. The zero-order valence-corrected chi connectivity index (χ0v) is 11.8. The number of hydrogen-bond donors (Lipinski definition) is 1. The predicted molar refractivity (Wildman–Crippen MR) is 82.8 cm³/mol. The molecule has 4 rings (SSSR count). The summed E-state index contributed by atoms with van der Waals surface area (Å²) in [6.45, 7) is 0.652. The van der Waals surface area contributed by atoms with Crippen LogP contribution in [0, 0.1) is 11.1 Å². The Bertz CT molecular complexity index is 864.